The number of anilines is 1. The Balaban J connectivity index is 1.83. The monoisotopic (exact) mass is 377 g/mol. The third kappa shape index (κ3) is 3.75. The third-order valence-corrected chi connectivity index (χ3v) is 6.07. The number of aryl methyl sites for hydroxylation is 1. The van der Waals surface area contributed by atoms with Gasteiger partial charge >= 0.3 is 0 Å². The Morgan fingerprint density at radius 1 is 1.35 bits per heavy atom. The third-order valence-electron chi connectivity index (χ3n) is 4.71. The molecular weight excluding hydrogens is 354 g/mol. The molecule has 0 spiro atoms. The molecule has 0 aliphatic carbocycles. The van der Waals surface area contributed by atoms with Gasteiger partial charge in [-0.3, -0.25) is 9.52 Å². The molecule has 0 bridgehead atoms. The van der Waals surface area contributed by atoms with E-state index in [1.807, 2.05) is 19.9 Å². The molecule has 1 N–H and O–H groups in total. The van der Waals surface area contributed by atoms with Crippen LogP contribution in [0, 0.1) is 12.8 Å². The predicted molar refractivity (Wildman–Crippen MR) is 97.1 cm³/mol. The van der Waals surface area contributed by atoms with Crippen LogP contribution in [0.4, 0.5) is 5.82 Å². The lowest BCUT2D eigenvalue weighted by atomic mass is 9.98. The first-order valence-electron chi connectivity index (χ1n) is 8.67. The molecule has 0 fully saturated rings. The van der Waals surface area contributed by atoms with E-state index >= 15 is 0 Å². The quantitative estimate of drug-likeness (QED) is 0.865. The summed E-state index contributed by atoms with van der Waals surface area (Å²) in [4.78, 5) is 14.4. The summed E-state index contributed by atoms with van der Waals surface area (Å²) in [6.45, 7) is 6.70. The average Bonchev–Trinajstić information content (AvgIpc) is 3.03. The highest BCUT2D eigenvalue weighted by Crippen LogP contribution is 2.25. The number of amides is 1. The van der Waals surface area contributed by atoms with E-state index < -0.39 is 10.0 Å². The number of sulfonamides is 1. The predicted octanol–water partition coefficient (Wildman–Crippen LogP) is 2.71. The smallest absolute Gasteiger partial charge is 0.263 e. The summed E-state index contributed by atoms with van der Waals surface area (Å²) in [7, 11) is -3.77. The van der Waals surface area contributed by atoms with Crippen LogP contribution in [0.25, 0.3) is 0 Å². The van der Waals surface area contributed by atoms with Crippen molar-refractivity contribution >= 4 is 21.7 Å². The van der Waals surface area contributed by atoms with Crippen LogP contribution in [0.1, 0.15) is 37.2 Å². The molecule has 0 saturated heterocycles. The number of hydrogen-bond acceptors (Lipinski definition) is 5. The molecule has 1 aliphatic rings. The van der Waals surface area contributed by atoms with Crippen molar-refractivity contribution in [2.24, 2.45) is 5.92 Å². The van der Waals surface area contributed by atoms with Crippen molar-refractivity contribution in [1.29, 1.82) is 0 Å². The Morgan fingerprint density at radius 2 is 2.12 bits per heavy atom. The standard InChI is InChI=1S/C18H23N3O4S/c1-4-12(2)18(22)21-8-7-14-5-6-16(10-15(14)11-21)26(23,24)20-17-9-13(3)25-19-17/h5-6,9-10,12H,4,7-8,11H2,1-3H3,(H,19,20)/t12-/m0/s1. The molecule has 1 aromatic heterocycles. The van der Waals surface area contributed by atoms with E-state index in [1.165, 1.54) is 6.07 Å². The van der Waals surface area contributed by atoms with Crippen LogP contribution in [-0.2, 0) is 27.8 Å². The maximum absolute atomic E-state index is 12.6. The van der Waals surface area contributed by atoms with Gasteiger partial charge in [0.15, 0.2) is 5.82 Å². The van der Waals surface area contributed by atoms with Gasteiger partial charge in [0, 0.05) is 25.1 Å². The van der Waals surface area contributed by atoms with Crippen LogP contribution in [0.3, 0.4) is 0 Å². The fourth-order valence-corrected chi connectivity index (χ4v) is 4.02. The maximum Gasteiger partial charge on any atom is 0.263 e. The first-order chi connectivity index (χ1) is 12.3. The highest BCUT2D eigenvalue weighted by Gasteiger charge is 2.25. The number of benzene rings is 1. The Bertz CT molecular complexity index is 920. The zero-order chi connectivity index (χ0) is 18.9. The molecule has 3 rings (SSSR count). The highest BCUT2D eigenvalue weighted by atomic mass is 32.2. The van der Waals surface area contributed by atoms with Crippen LogP contribution < -0.4 is 4.72 Å². The SMILES string of the molecule is CC[C@H](C)C(=O)N1CCc2ccc(S(=O)(=O)Nc3cc(C)on3)cc2C1. The molecule has 7 nitrogen and oxygen atoms in total. The van der Waals surface area contributed by atoms with Crippen LogP contribution in [0.5, 0.6) is 0 Å². The average molecular weight is 377 g/mol. The van der Waals surface area contributed by atoms with Crippen LogP contribution in [0.2, 0.25) is 0 Å². The normalized spacial score (nSPS) is 15.4. The van der Waals surface area contributed by atoms with Gasteiger partial charge < -0.3 is 9.42 Å². The minimum absolute atomic E-state index is 0.0273. The van der Waals surface area contributed by atoms with Crippen molar-refractivity contribution in [3.05, 3.63) is 41.2 Å². The minimum atomic E-state index is -3.77. The second-order valence-electron chi connectivity index (χ2n) is 6.68. The molecule has 1 aliphatic heterocycles. The van der Waals surface area contributed by atoms with E-state index in [0.717, 1.165) is 24.0 Å². The van der Waals surface area contributed by atoms with Gasteiger partial charge in [0.05, 0.1) is 4.90 Å². The molecule has 2 heterocycles. The van der Waals surface area contributed by atoms with Gasteiger partial charge in [-0.05, 0) is 43.0 Å². The first kappa shape index (κ1) is 18.4. The summed E-state index contributed by atoms with van der Waals surface area (Å²) >= 11 is 0. The molecule has 1 atom stereocenters. The molecule has 26 heavy (non-hydrogen) atoms. The van der Waals surface area contributed by atoms with Gasteiger partial charge in [0.25, 0.3) is 10.0 Å². The van der Waals surface area contributed by atoms with E-state index in [9.17, 15) is 13.2 Å². The molecule has 0 saturated carbocycles. The lowest BCUT2D eigenvalue weighted by Gasteiger charge is -2.31. The molecule has 0 radical (unpaired) electrons. The van der Waals surface area contributed by atoms with Crippen LogP contribution in [-0.4, -0.2) is 30.9 Å². The van der Waals surface area contributed by atoms with Gasteiger partial charge in [-0.2, -0.15) is 0 Å². The largest absolute Gasteiger partial charge is 0.360 e. The number of nitrogens with one attached hydrogen (secondary N) is 1. The van der Waals surface area contributed by atoms with Crippen LogP contribution in [0.15, 0.2) is 33.7 Å². The van der Waals surface area contributed by atoms with Crippen molar-refractivity contribution in [3.63, 3.8) is 0 Å². The molecular formula is C18H23N3O4S. The summed E-state index contributed by atoms with van der Waals surface area (Å²) in [6.07, 6.45) is 1.52. The van der Waals surface area contributed by atoms with Gasteiger partial charge in [-0.25, -0.2) is 8.42 Å². The first-order valence-corrected chi connectivity index (χ1v) is 10.1. The van der Waals surface area contributed by atoms with Gasteiger partial charge in [-0.1, -0.05) is 25.1 Å². The number of hydrogen-bond donors (Lipinski definition) is 1. The van der Waals surface area contributed by atoms with Crippen molar-refractivity contribution in [1.82, 2.24) is 10.1 Å². The van der Waals surface area contributed by atoms with Crippen molar-refractivity contribution in [2.45, 2.75) is 45.1 Å². The Hall–Kier alpha value is -2.35. The summed E-state index contributed by atoms with van der Waals surface area (Å²) in [5.41, 5.74) is 1.95. The number of carbonyl (C=O) groups is 1. The van der Waals surface area contributed by atoms with Crippen molar-refractivity contribution in [3.8, 4) is 0 Å². The maximum atomic E-state index is 12.6. The van der Waals surface area contributed by atoms with Crippen molar-refractivity contribution in [2.75, 3.05) is 11.3 Å². The minimum Gasteiger partial charge on any atom is -0.360 e. The fraction of sp³-hybridized carbons (Fsp3) is 0.444. The Kier molecular flexibility index (Phi) is 5.04. The van der Waals surface area contributed by atoms with E-state index in [4.69, 9.17) is 4.52 Å². The van der Waals surface area contributed by atoms with E-state index in [0.29, 0.717) is 18.8 Å². The number of nitrogens with zero attached hydrogens (tertiary/aromatic N) is 2. The van der Waals surface area contributed by atoms with Gasteiger partial charge in [-0.15, -0.1) is 0 Å². The molecule has 140 valence electrons. The van der Waals surface area contributed by atoms with Gasteiger partial charge in [0.2, 0.25) is 5.91 Å². The topological polar surface area (TPSA) is 92.5 Å². The second-order valence-corrected chi connectivity index (χ2v) is 8.36. The lowest BCUT2D eigenvalue weighted by molar-refractivity contribution is -0.136. The number of fused-ring (bicyclic) bond motifs is 1. The number of carbonyl (C=O) groups excluding carboxylic acids is 1. The summed E-state index contributed by atoms with van der Waals surface area (Å²) in [6, 6.07) is 6.56. The van der Waals surface area contributed by atoms with Crippen LogP contribution >= 0.6 is 0 Å². The Labute approximate surface area is 153 Å². The molecule has 1 amide bonds. The number of rotatable bonds is 5. The summed E-state index contributed by atoms with van der Waals surface area (Å²) < 4.78 is 32.5. The van der Waals surface area contributed by atoms with Gasteiger partial charge in [0.1, 0.15) is 5.76 Å². The number of aromatic nitrogens is 1. The molecule has 1 aromatic carbocycles. The molecule has 0 unspecified atom stereocenters. The summed E-state index contributed by atoms with van der Waals surface area (Å²) in [5, 5.41) is 3.66. The van der Waals surface area contributed by atoms with E-state index in [1.54, 1.807) is 24.0 Å². The van der Waals surface area contributed by atoms with E-state index in [-0.39, 0.29) is 22.5 Å². The Morgan fingerprint density at radius 3 is 2.77 bits per heavy atom. The highest BCUT2D eigenvalue weighted by molar-refractivity contribution is 7.92. The van der Waals surface area contributed by atoms with E-state index in [2.05, 4.69) is 9.88 Å². The second kappa shape index (κ2) is 7.11. The van der Waals surface area contributed by atoms with Crippen molar-refractivity contribution < 1.29 is 17.7 Å². The fourth-order valence-electron chi connectivity index (χ4n) is 2.99. The summed E-state index contributed by atoms with van der Waals surface area (Å²) in [5.74, 6) is 0.754. The molecule has 8 heteroatoms. The zero-order valence-corrected chi connectivity index (χ0v) is 16.0. The zero-order valence-electron chi connectivity index (χ0n) is 15.2. The lowest BCUT2D eigenvalue weighted by Crippen LogP contribution is -2.39. The molecule has 2 aromatic rings.